The Kier molecular flexibility index (Phi) is 4.82. The van der Waals surface area contributed by atoms with Crippen molar-refractivity contribution >= 4 is 28.8 Å². The summed E-state index contributed by atoms with van der Waals surface area (Å²) in [5, 5.41) is 5.36. The third kappa shape index (κ3) is 3.98. The molecule has 1 aromatic heterocycles. The van der Waals surface area contributed by atoms with Crippen LogP contribution in [0.5, 0.6) is 5.75 Å². The van der Waals surface area contributed by atoms with E-state index in [0.29, 0.717) is 10.8 Å². The number of carbonyl (C=O) groups excluding carboxylic acids is 1. The molecule has 0 saturated carbocycles. The molecule has 1 N–H and O–H groups in total. The highest BCUT2D eigenvalue weighted by molar-refractivity contribution is 7.10. The quantitative estimate of drug-likeness (QED) is 0.914. The van der Waals surface area contributed by atoms with Crippen molar-refractivity contribution in [2.24, 2.45) is 0 Å². The van der Waals surface area contributed by atoms with Gasteiger partial charge in [0.25, 0.3) is 5.91 Å². The fourth-order valence-electron chi connectivity index (χ4n) is 1.60. The SMILES string of the molecule is CC(NC(=O)COc1ccccc1Cl)c1cccs1. The maximum Gasteiger partial charge on any atom is 0.258 e. The van der Waals surface area contributed by atoms with Gasteiger partial charge in [-0.2, -0.15) is 0 Å². The van der Waals surface area contributed by atoms with Crippen molar-refractivity contribution in [1.82, 2.24) is 5.32 Å². The summed E-state index contributed by atoms with van der Waals surface area (Å²) in [6, 6.07) is 11.0. The first-order valence-corrected chi connectivity index (χ1v) is 7.12. The summed E-state index contributed by atoms with van der Waals surface area (Å²) in [4.78, 5) is 12.9. The molecule has 1 heterocycles. The molecule has 0 fully saturated rings. The number of rotatable bonds is 5. The number of hydrogen-bond donors (Lipinski definition) is 1. The summed E-state index contributed by atoms with van der Waals surface area (Å²) >= 11 is 7.55. The van der Waals surface area contributed by atoms with Crippen LogP contribution in [-0.2, 0) is 4.79 Å². The zero-order chi connectivity index (χ0) is 13.7. The zero-order valence-corrected chi connectivity index (χ0v) is 12.0. The number of amides is 1. The van der Waals surface area contributed by atoms with E-state index in [0.717, 1.165) is 4.88 Å². The molecule has 0 spiro atoms. The maximum absolute atomic E-state index is 11.8. The minimum absolute atomic E-state index is 0.0117. The zero-order valence-electron chi connectivity index (χ0n) is 10.4. The average Bonchev–Trinajstić information content (AvgIpc) is 2.91. The molecule has 1 amide bonds. The first-order valence-electron chi connectivity index (χ1n) is 5.87. The molecule has 1 aromatic carbocycles. The molecule has 2 rings (SSSR count). The van der Waals surface area contributed by atoms with Crippen LogP contribution in [0.15, 0.2) is 41.8 Å². The molecule has 0 radical (unpaired) electrons. The van der Waals surface area contributed by atoms with E-state index in [9.17, 15) is 4.79 Å². The van der Waals surface area contributed by atoms with Gasteiger partial charge < -0.3 is 10.1 Å². The van der Waals surface area contributed by atoms with Crippen LogP contribution in [0.3, 0.4) is 0 Å². The molecule has 100 valence electrons. The van der Waals surface area contributed by atoms with Gasteiger partial charge in [-0.1, -0.05) is 29.8 Å². The van der Waals surface area contributed by atoms with Crippen LogP contribution in [0.4, 0.5) is 0 Å². The van der Waals surface area contributed by atoms with E-state index in [1.165, 1.54) is 0 Å². The normalized spacial score (nSPS) is 11.9. The van der Waals surface area contributed by atoms with Gasteiger partial charge in [-0.3, -0.25) is 4.79 Å². The fourth-order valence-corrected chi connectivity index (χ4v) is 2.52. The summed E-state index contributed by atoms with van der Waals surface area (Å²) in [6.45, 7) is 1.90. The maximum atomic E-state index is 11.8. The Bertz CT molecular complexity index is 542. The Hall–Kier alpha value is -1.52. The van der Waals surface area contributed by atoms with E-state index in [1.807, 2.05) is 36.6 Å². The minimum Gasteiger partial charge on any atom is -0.482 e. The lowest BCUT2D eigenvalue weighted by Gasteiger charge is -2.13. The predicted octanol–water partition coefficient (Wildman–Crippen LogP) is 3.66. The molecule has 19 heavy (non-hydrogen) atoms. The second-order valence-electron chi connectivity index (χ2n) is 4.02. The summed E-state index contributed by atoms with van der Waals surface area (Å²) < 4.78 is 5.38. The molecule has 0 aliphatic carbocycles. The van der Waals surface area contributed by atoms with Gasteiger partial charge in [0.15, 0.2) is 6.61 Å². The van der Waals surface area contributed by atoms with Crippen LogP contribution in [0.1, 0.15) is 17.8 Å². The van der Waals surface area contributed by atoms with E-state index < -0.39 is 0 Å². The highest BCUT2D eigenvalue weighted by Gasteiger charge is 2.11. The third-order valence-corrected chi connectivity index (χ3v) is 3.91. The van der Waals surface area contributed by atoms with Crippen molar-refractivity contribution in [3.05, 3.63) is 51.7 Å². The Labute approximate surface area is 121 Å². The Balaban J connectivity index is 1.84. The van der Waals surface area contributed by atoms with Crippen LogP contribution in [0.2, 0.25) is 5.02 Å². The summed E-state index contributed by atoms with van der Waals surface area (Å²) in [5.41, 5.74) is 0. The second-order valence-corrected chi connectivity index (χ2v) is 5.41. The van der Waals surface area contributed by atoms with E-state index >= 15 is 0 Å². The van der Waals surface area contributed by atoms with Gasteiger partial charge in [-0.15, -0.1) is 11.3 Å². The molecule has 0 bridgehead atoms. The van der Waals surface area contributed by atoms with Crippen molar-refractivity contribution in [1.29, 1.82) is 0 Å². The van der Waals surface area contributed by atoms with Crippen LogP contribution < -0.4 is 10.1 Å². The number of halogens is 1. The first kappa shape index (κ1) is 13.9. The summed E-state index contributed by atoms with van der Waals surface area (Å²) in [7, 11) is 0. The van der Waals surface area contributed by atoms with Gasteiger partial charge in [0.2, 0.25) is 0 Å². The lowest BCUT2D eigenvalue weighted by Crippen LogP contribution is -2.30. The van der Waals surface area contributed by atoms with Crippen molar-refractivity contribution in [3.63, 3.8) is 0 Å². The van der Waals surface area contributed by atoms with Gasteiger partial charge in [-0.25, -0.2) is 0 Å². The largest absolute Gasteiger partial charge is 0.482 e. The smallest absolute Gasteiger partial charge is 0.258 e. The number of thiophene rings is 1. The van der Waals surface area contributed by atoms with Gasteiger partial charge in [0.05, 0.1) is 11.1 Å². The van der Waals surface area contributed by atoms with Crippen LogP contribution in [0, 0.1) is 0 Å². The molecule has 0 aliphatic rings. The molecular weight excluding hydrogens is 282 g/mol. The highest BCUT2D eigenvalue weighted by atomic mass is 35.5. The molecule has 1 unspecified atom stereocenters. The number of ether oxygens (including phenoxy) is 1. The Morgan fingerprint density at radius 1 is 1.37 bits per heavy atom. The third-order valence-electron chi connectivity index (χ3n) is 2.54. The number of benzene rings is 1. The van der Waals surface area contributed by atoms with Crippen LogP contribution in [-0.4, -0.2) is 12.5 Å². The summed E-state index contributed by atoms with van der Waals surface area (Å²) in [5.74, 6) is 0.351. The van der Waals surface area contributed by atoms with E-state index in [4.69, 9.17) is 16.3 Å². The first-order chi connectivity index (χ1) is 9.16. The van der Waals surface area contributed by atoms with Crippen molar-refractivity contribution < 1.29 is 9.53 Å². The van der Waals surface area contributed by atoms with E-state index in [1.54, 1.807) is 23.5 Å². The van der Waals surface area contributed by atoms with E-state index in [2.05, 4.69) is 5.32 Å². The van der Waals surface area contributed by atoms with Crippen molar-refractivity contribution in [3.8, 4) is 5.75 Å². The van der Waals surface area contributed by atoms with Gasteiger partial charge in [0, 0.05) is 4.88 Å². The molecule has 1 atom stereocenters. The van der Waals surface area contributed by atoms with Crippen molar-refractivity contribution in [2.45, 2.75) is 13.0 Å². The number of carbonyl (C=O) groups is 1. The molecule has 0 aliphatic heterocycles. The fraction of sp³-hybridized carbons (Fsp3) is 0.214. The predicted molar refractivity (Wildman–Crippen MR) is 77.8 cm³/mol. The topological polar surface area (TPSA) is 38.3 Å². The van der Waals surface area contributed by atoms with E-state index in [-0.39, 0.29) is 18.6 Å². The molecule has 3 nitrogen and oxygen atoms in total. The Morgan fingerprint density at radius 2 is 2.16 bits per heavy atom. The monoisotopic (exact) mass is 295 g/mol. The minimum atomic E-state index is -0.166. The highest BCUT2D eigenvalue weighted by Crippen LogP contribution is 2.23. The molecule has 2 aromatic rings. The van der Waals surface area contributed by atoms with Gasteiger partial charge in [-0.05, 0) is 30.5 Å². The lowest BCUT2D eigenvalue weighted by atomic mass is 10.3. The number of nitrogens with one attached hydrogen (secondary N) is 1. The van der Waals surface area contributed by atoms with Gasteiger partial charge in [0.1, 0.15) is 5.75 Å². The van der Waals surface area contributed by atoms with Gasteiger partial charge >= 0.3 is 0 Å². The Morgan fingerprint density at radius 3 is 2.84 bits per heavy atom. The van der Waals surface area contributed by atoms with Crippen LogP contribution in [0.25, 0.3) is 0 Å². The average molecular weight is 296 g/mol. The van der Waals surface area contributed by atoms with Crippen molar-refractivity contribution in [2.75, 3.05) is 6.61 Å². The standard InChI is InChI=1S/C14H14ClNO2S/c1-10(13-7-4-8-19-13)16-14(17)9-18-12-6-3-2-5-11(12)15/h2-8,10H,9H2,1H3,(H,16,17). The number of para-hydroxylation sites is 1. The molecule has 5 heteroatoms. The molecule has 0 saturated heterocycles. The number of hydrogen-bond acceptors (Lipinski definition) is 3. The lowest BCUT2D eigenvalue weighted by molar-refractivity contribution is -0.123. The van der Waals surface area contributed by atoms with Crippen LogP contribution >= 0.6 is 22.9 Å². The second kappa shape index (κ2) is 6.59. The summed E-state index contributed by atoms with van der Waals surface area (Å²) in [6.07, 6.45) is 0. The molecular formula is C14H14ClNO2S.